The fourth-order valence-electron chi connectivity index (χ4n) is 4.28. The summed E-state index contributed by atoms with van der Waals surface area (Å²) in [6, 6.07) is 9.95. The molecule has 0 unspecified atom stereocenters. The van der Waals surface area contributed by atoms with Crippen LogP contribution in [0.25, 0.3) is 5.00 Å². The van der Waals surface area contributed by atoms with Crippen LogP contribution in [0.5, 0.6) is 0 Å². The van der Waals surface area contributed by atoms with Gasteiger partial charge >= 0.3 is 6.03 Å². The molecule has 0 radical (unpaired) electrons. The van der Waals surface area contributed by atoms with E-state index in [1.54, 1.807) is 0 Å². The van der Waals surface area contributed by atoms with Gasteiger partial charge in [-0.15, -0.1) is 11.3 Å². The largest absolute Gasteiger partial charge is 0.331 e. The summed E-state index contributed by atoms with van der Waals surface area (Å²) in [7, 11) is 0. The Bertz CT molecular complexity index is 1050. The molecule has 0 saturated carbocycles. The van der Waals surface area contributed by atoms with Crippen LogP contribution in [-0.4, -0.2) is 28.6 Å². The third kappa shape index (κ3) is 4.55. The molecule has 1 atom stereocenters. The molecular formula is C25H32N4OS. The minimum atomic E-state index is -0.153. The molecule has 2 amide bonds. The minimum Gasteiger partial charge on any atom is -0.331 e. The Morgan fingerprint density at radius 2 is 1.94 bits per heavy atom. The second-order valence-corrected chi connectivity index (χ2v) is 9.37. The Hall–Kier alpha value is -2.57. The van der Waals surface area contributed by atoms with Crippen LogP contribution < -0.4 is 10.6 Å². The van der Waals surface area contributed by atoms with E-state index in [2.05, 4.69) is 72.3 Å². The number of fused-ring (bicyclic) bond motifs is 1. The first kappa shape index (κ1) is 21.7. The normalized spacial score (nSPS) is 14.8. The molecule has 31 heavy (non-hydrogen) atoms. The number of nitrogens with zero attached hydrogens (tertiary/aromatic N) is 2. The summed E-state index contributed by atoms with van der Waals surface area (Å²) in [5.74, 6) is 0. The molecule has 5 nitrogen and oxygen atoms in total. The van der Waals surface area contributed by atoms with E-state index in [-0.39, 0.29) is 12.1 Å². The Morgan fingerprint density at radius 3 is 2.61 bits per heavy atom. The quantitative estimate of drug-likeness (QED) is 0.512. The number of anilines is 1. The zero-order valence-corrected chi connectivity index (χ0v) is 19.7. The number of urea groups is 1. The zero-order valence-electron chi connectivity index (χ0n) is 18.9. The lowest BCUT2D eigenvalue weighted by atomic mass is 9.96. The van der Waals surface area contributed by atoms with E-state index >= 15 is 0 Å². The van der Waals surface area contributed by atoms with E-state index < -0.39 is 0 Å². The van der Waals surface area contributed by atoms with Crippen LogP contribution in [0.4, 0.5) is 10.5 Å². The van der Waals surface area contributed by atoms with Crippen molar-refractivity contribution >= 4 is 23.1 Å². The topological polar surface area (TPSA) is 49.3 Å². The number of carbonyl (C=O) groups excluding carboxylic acids is 1. The molecule has 0 aliphatic carbocycles. The number of hydrogen-bond acceptors (Lipinski definition) is 3. The Balaban J connectivity index is 1.62. The number of aromatic nitrogens is 1. The number of likely N-dealkylation sites (N-methyl/N-ethyl adjacent to an activating group) is 1. The monoisotopic (exact) mass is 436 g/mol. The van der Waals surface area contributed by atoms with Gasteiger partial charge in [0.15, 0.2) is 0 Å². The van der Waals surface area contributed by atoms with Crippen LogP contribution in [0.2, 0.25) is 0 Å². The number of aryl methyl sites for hydroxylation is 2. The lowest BCUT2D eigenvalue weighted by molar-refractivity contribution is 0.247. The molecule has 1 aromatic carbocycles. The Morgan fingerprint density at radius 1 is 1.16 bits per heavy atom. The Labute approximate surface area is 189 Å². The molecule has 0 saturated heterocycles. The molecule has 4 rings (SSSR count). The molecule has 1 aliphatic heterocycles. The summed E-state index contributed by atoms with van der Waals surface area (Å²) < 4.78 is 2.19. The van der Waals surface area contributed by atoms with Gasteiger partial charge in [-0.3, -0.25) is 4.90 Å². The van der Waals surface area contributed by atoms with Gasteiger partial charge in [0, 0.05) is 41.6 Å². The fraction of sp³-hybridized carbons (Fsp3) is 0.400. The number of hydrogen-bond donors (Lipinski definition) is 2. The summed E-state index contributed by atoms with van der Waals surface area (Å²) in [6.07, 6.45) is 6.07. The number of nitrogens with one attached hydrogen (secondary N) is 2. The Kier molecular flexibility index (Phi) is 6.49. The molecule has 3 heterocycles. The number of amides is 2. The van der Waals surface area contributed by atoms with Crippen LogP contribution in [0, 0.1) is 13.8 Å². The average molecular weight is 437 g/mol. The highest BCUT2D eigenvalue weighted by molar-refractivity contribution is 7.15. The van der Waals surface area contributed by atoms with E-state index in [1.165, 1.54) is 32.1 Å². The van der Waals surface area contributed by atoms with Gasteiger partial charge in [-0.1, -0.05) is 19.9 Å². The van der Waals surface area contributed by atoms with Crippen molar-refractivity contribution in [3.8, 4) is 5.00 Å². The highest BCUT2D eigenvalue weighted by atomic mass is 32.1. The zero-order chi connectivity index (χ0) is 22.0. The van der Waals surface area contributed by atoms with Crippen LogP contribution in [-0.2, 0) is 13.0 Å². The van der Waals surface area contributed by atoms with Crippen LogP contribution in [0.15, 0.2) is 42.7 Å². The van der Waals surface area contributed by atoms with Crippen LogP contribution >= 0.6 is 11.3 Å². The van der Waals surface area contributed by atoms with Crippen LogP contribution in [0.1, 0.15) is 53.4 Å². The van der Waals surface area contributed by atoms with Crippen molar-refractivity contribution in [2.75, 3.05) is 18.4 Å². The fourth-order valence-corrected chi connectivity index (χ4v) is 5.70. The van der Waals surface area contributed by atoms with E-state index in [0.717, 1.165) is 38.2 Å². The molecule has 164 valence electrons. The van der Waals surface area contributed by atoms with Crippen LogP contribution in [0.3, 0.4) is 0 Å². The molecule has 0 bridgehead atoms. The van der Waals surface area contributed by atoms with E-state index in [4.69, 9.17) is 0 Å². The van der Waals surface area contributed by atoms with E-state index in [1.807, 2.05) is 29.5 Å². The van der Waals surface area contributed by atoms with Gasteiger partial charge < -0.3 is 15.2 Å². The standard InChI is InChI=1S/C25H32N4OS/c1-5-21(27-25(30)26-19-10-9-17(3)18(4)15-19)23-20-11-14-28(6-2)16-22(20)31-24(23)29-12-7-8-13-29/h7-10,12-13,15,21H,5-6,11,14,16H2,1-4H3,(H2,26,27,30)/t21-/m1/s1. The predicted molar refractivity (Wildman–Crippen MR) is 129 cm³/mol. The van der Waals surface area contributed by atoms with Gasteiger partial charge in [0.25, 0.3) is 0 Å². The predicted octanol–water partition coefficient (Wildman–Crippen LogP) is 5.81. The third-order valence-electron chi connectivity index (χ3n) is 6.27. The summed E-state index contributed by atoms with van der Waals surface area (Å²) in [5, 5.41) is 7.51. The van der Waals surface area contributed by atoms with Gasteiger partial charge in [0.2, 0.25) is 0 Å². The molecule has 2 N–H and O–H groups in total. The summed E-state index contributed by atoms with van der Waals surface area (Å²) in [5.41, 5.74) is 5.93. The van der Waals surface area contributed by atoms with E-state index in [0.29, 0.717) is 0 Å². The maximum Gasteiger partial charge on any atom is 0.319 e. The van der Waals surface area contributed by atoms with Crippen molar-refractivity contribution in [2.45, 2.75) is 53.1 Å². The average Bonchev–Trinajstić information content (AvgIpc) is 3.42. The summed E-state index contributed by atoms with van der Waals surface area (Å²) >= 11 is 1.87. The van der Waals surface area contributed by atoms with Gasteiger partial charge in [-0.05, 0) is 74.2 Å². The second-order valence-electron chi connectivity index (χ2n) is 8.29. The maximum absolute atomic E-state index is 12.9. The van der Waals surface area contributed by atoms with E-state index in [9.17, 15) is 4.79 Å². The molecule has 0 fully saturated rings. The molecule has 2 aromatic heterocycles. The third-order valence-corrected chi connectivity index (χ3v) is 7.52. The SMILES string of the molecule is CC[C@@H](NC(=O)Nc1ccc(C)c(C)c1)c1c(-n2cccc2)sc2c1CCN(CC)C2. The van der Waals surface area contributed by atoms with Gasteiger partial charge in [-0.25, -0.2) is 4.79 Å². The number of thiophene rings is 1. The second kappa shape index (κ2) is 9.28. The minimum absolute atomic E-state index is 0.0304. The highest BCUT2D eigenvalue weighted by Crippen LogP contribution is 2.40. The molecule has 1 aliphatic rings. The number of rotatable bonds is 6. The first-order valence-corrected chi connectivity index (χ1v) is 12.0. The highest BCUT2D eigenvalue weighted by Gasteiger charge is 2.29. The number of benzene rings is 1. The lowest BCUT2D eigenvalue weighted by Gasteiger charge is -2.27. The first-order valence-electron chi connectivity index (χ1n) is 11.1. The molecule has 6 heteroatoms. The van der Waals surface area contributed by atoms with Crippen molar-refractivity contribution in [1.82, 2.24) is 14.8 Å². The number of carbonyl (C=O) groups is 1. The lowest BCUT2D eigenvalue weighted by Crippen LogP contribution is -2.34. The molecular weight excluding hydrogens is 404 g/mol. The first-order chi connectivity index (χ1) is 15.0. The molecule has 0 spiro atoms. The van der Waals surface area contributed by atoms with Crippen molar-refractivity contribution in [2.24, 2.45) is 0 Å². The van der Waals surface area contributed by atoms with Gasteiger partial charge in [0.1, 0.15) is 5.00 Å². The summed E-state index contributed by atoms with van der Waals surface area (Å²) in [6.45, 7) is 11.6. The van der Waals surface area contributed by atoms with Crippen molar-refractivity contribution in [3.63, 3.8) is 0 Å². The van der Waals surface area contributed by atoms with Gasteiger partial charge in [-0.2, -0.15) is 0 Å². The summed E-state index contributed by atoms with van der Waals surface area (Å²) in [4.78, 5) is 16.8. The van der Waals surface area contributed by atoms with Crippen molar-refractivity contribution in [3.05, 3.63) is 69.9 Å². The smallest absolute Gasteiger partial charge is 0.319 e. The van der Waals surface area contributed by atoms with Gasteiger partial charge in [0.05, 0.1) is 6.04 Å². The molecule has 3 aromatic rings. The maximum atomic E-state index is 12.9. The van der Waals surface area contributed by atoms with Crippen molar-refractivity contribution in [1.29, 1.82) is 0 Å². The van der Waals surface area contributed by atoms with Crippen molar-refractivity contribution < 1.29 is 4.79 Å².